The zero-order chi connectivity index (χ0) is 12.4. The number of nitrogens with two attached hydrogens (primary N) is 1. The number of nitrogen functional groups attached to an aromatic ring is 1. The van der Waals surface area contributed by atoms with E-state index in [0.29, 0.717) is 0 Å². The Labute approximate surface area is 102 Å². The molecule has 0 radical (unpaired) electrons. The van der Waals surface area contributed by atoms with Crippen LogP contribution in [0.15, 0.2) is 18.2 Å². The van der Waals surface area contributed by atoms with Crippen molar-refractivity contribution in [2.75, 3.05) is 19.8 Å². The topological polar surface area (TPSA) is 58.4 Å². The van der Waals surface area contributed by atoms with Crippen molar-refractivity contribution in [2.45, 2.75) is 25.3 Å². The van der Waals surface area contributed by atoms with Gasteiger partial charge in [-0.05, 0) is 42.5 Å². The van der Waals surface area contributed by atoms with Gasteiger partial charge in [0.25, 0.3) is 0 Å². The number of nitrogens with one attached hydrogen (secondary N) is 1. The highest BCUT2D eigenvalue weighted by molar-refractivity contribution is 5.74. The van der Waals surface area contributed by atoms with Crippen LogP contribution in [-0.4, -0.2) is 25.0 Å². The Bertz CT molecular complexity index is 429. The molecule has 1 aromatic carbocycles. The molecule has 0 aromatic heterocycles. The number of fused-ring (bicyclic) bond motifs is 1. The summed E-state index contributed by atoms with van der Waals surface area (Å²) >= 11 is 0. The number of benzene rings is 1. The summed E-state index contributed by atoms with van der Waals surface area (Å²) in [5.41, 5.74) is 9.05. The number of anilines is 1. The summed E-state index contributed by atoms with van der Waals surface area (Å²) in [7, 11) is 3.50. The van der Waals surface area contributed by atoms with E-state index in [-0.39, 0.29) is 12.1 Å². The molecule has 3 N–H and O–H groups in total. The fourth-order valence-electron chi connectivity index (χ4n) is 2.26. The maximum Gasteiger partial charge on any atom is 0.317 e. The third-order valence-electron chi connectivity index (χ3n) is 3.19. The van der Waals surface area contributed by atoms with Crippen molar-refractivity contribution >= 4 is 11.7 Å². The van der Waals surface area contributed by atoms with Gasteiger partial charge in [-0.2, -0.15) is 0 Å². The molecule has 1 aromatic rings. The Kier molecular flexibility index (Phi) is 3.22. The van der Waals surface area contributed by atoms with Crippen molar-refractivity contribution in [2.24, 2.45) is 0 Å². The fraction of sp³-hybridized carbons (Fsp3) is 0.462. The highest BCUT2D eigenvalue weighted by Gasteiger charge is 2.22. The van der Waals surface area contributed by atoms with Crippen LogP contribution < -0.4 is 11.1 Å². The first-order valence-corrected chi connectivity index (χ1v) is 5.94. The zero-order valence-corrected chi connectivity index (χ0v) is 10.4. The molecular formula is C13H19N3O. The first-order chi connectivity index (χ1) is 8.08. The lowest BCUT2D eigenvalue weighted by molar-refractivity contribution is 0.211. The van der Waals surface area contributed by atoms with Crippen LogP contribution in [0.5, 0.6) is 0 Å². The van der Waals surface area contributed by atoms with Gasteiger partial charge in [-0.25, -0.2) is 4.79 Å². The average Bonchev–Trinajstić information content (AvgIpc) is 2.28. The van der Waals surface area contributed by atoms with Crippen LogP contribution in [0.4, 0.5) is 10.5 Å². The molecule has 0 heterocycles. The van der Waals surface area contributed by atoms with E-state index in [4.69, 9.17) is 5.73 Å². The summed E-state index contributed by atoms with van der Waals surface area (Å²) in [5.74, 6) is 0. The molecule has 4 nitrogen and oxygen atoms in total. The van der Waals surface area contributed by atoms with Crippen LogP contribution in [0.25, 0.3) is 0 Å². The monoisotopic (exact) mass is 233 g/mol. The molecular weight excluding hydrogens is 214 g/mol. The van der Waals surface area contributed by atoms with Crippen LogP contribution in [0.2, 0.25) is 0 Å². The number of carbonyl (C=O) groups is 1. The number of amides is 2. The molecule has 0 aliphatic heterocycles. The molecule has 0 spiro atoms. The van der Waals surface area contributed by atoms with Crippen LogP contribution in [0, 0.1) is 0 Å². The second-order valence-corrected chi connectivity index (χ2v) is 4.75. The number of nitrogens with zero attached hydrogens (tertiary/aromatic N) is 1. The summed E-state index contributed by atoms with van der Waals surface area (Å²) in [6, 6.07) is 6.03. The molecule has 0 bridgehead atoms. The van der Waals surface area contributed by atoms with Gasteiger partial charge >= 0.3 is 6.03 Å². The highest BCUT2D eigenvalue weighted by atomic mass is 16.2. The van der Waals surface area contributed by atoms with E-state index in [1.807, 2.05) is 18.2 Å². The van der Waals surface area contributed by atoms with E-state index in [1.54, 1.807) is 19.0 Å². The largest absolute Gasteiger partial charge is 0.399 e. The van der Waals surface area contributed by atoms with Crippen LogP contribution in [0.1, 0.15) is 30.0 Å². The van der Waals surface area contributed by atoms with Crippen LogP contribution in [-0.2, 0) is 6.42 Å². The summed E-state index contributed by atoms with van der Waals surface area (Å²) in [5, 5.41) is 3.04. The summed E-state index contributed by atoms with van der Waals surface area (Å²) in [4.78, 5) is 13.2. The molecule has 4 heteroatoms. The zero-order valence-electron chi connectivity index (χ0n) is 10.4. The molecule has 0 saturated heterocycles. The first kappa shape index (κ1) is 11.8. The number of carbonyl (C=O) groups excluding carboxylic acids is 1. The predicted octanol–water partition coefficient (Wildman–Crippen LogP) is 1.92. The highest BCUT2D eigenvalue weighted by Crippen LogP contribution is 2.30. The van der Waals surface area contributed by atoms with Crippen molar-refractivity contribution < 1.29 is 4.79 Å². The standard InChI is InChI=1S/C13H19N3O/c1-16(2)13(17)15-12-5-3-4-9-8-10(14)6-7-11(9)12/h6-8,12H,3-5,14H2,1-2H3,(H,15,17). The van der Waals surface area contributed by atoms with Gasteiger partial charge in [0, 0.05) is 19.8 Å². The smallest absolute Gasteiger partial charge is 0.317 e. The molecule has 2 rings (SSSR count). The third-order valence-corrected chi connectivity index (χ3v) is 3.19. The lowest BCUT2D eigenvalue weighted by Crippen LogP contribution is -2.38. The van der Waals surface area contributed by atoms with Crippen molar-refractivity contribution in [3.63, 3.8) is 0 Å². The normalized spacial score (nSPS) is 18.4. The Morgan fingerprint density at radius 1 is 1.47 bits per heavy atom. The Morgan fingerprint density at radius 2 is 2.24 bits per heavy atom. The summed E-state index contributed by atoms with van der Waals surface area (Å²) in [6.07, 6.45) is 3.14. The van der Waals surface area contributed by atoms with Crippen LogP contribution >= 0.6 is 0 Å². The molecule has 92 valence electrons. The molecule has 1 aliphatic carbocycles. The van der Waals surface area contributed by atoms with Gasteiger partial charge in [0.05, 0.1) is 6.04 Å². The van der Waals surface area contributed by atoms with Crippen molar-refractivity contribution in [3.8, 4) is 0 Å². The molecule has 2 amide bonds. The predicted molar refractivity (Wildman–Crippen MR) is 68.8 cm³/mol. The van der Waals surface area contributed by atoms with Gasteiger partial charge in [0.1, 0.15) is 0 Å². The lowest BCUT2D eigenvalue weighted by Gasteiger charge is -2.27. The quantitative estimate of drug-likeness (QED) is 0.728. The van der Waals surface area contributed by atoms with Crippen molar-refractivity contribution in [3.05, 3.63) is 29.3 Å². The van der Waals surface area contributed by atoms with Gasteiger partial charge in [-0.3, -0.25) is 0 Å². The molecule has 17 heavy (non-hydrogen) atoms. The minimum atomic E-state index is -0.0420. The van der Waals surface area contributed by atoms with Gasteiger partial charge in [0.2, 0.25) is 0 Å². The first-order valence-electron chi connectivity index (χ1n) is 5.94. The number of aryl methyl sites for hydroxylation is 1. The Balaban J connectivity index is 2.20. The molecule has 1 aliphatic rings. The Hall–Kier alpha value is -1.71. The van der Waals surface area contributed by atoms with E-state index in [2.05, 4.69) is 5.32 Å². The summed E-state index contributed by atoms with van der Waals surface area (Å²) in [6.45, 7) is 0. The Morgan fingerprint density at radius 3 is 2.94 bits per heavy atom. The van der Waals surface area contributed by atoms with Gasteiger partial charge in [-0.1, -0.05) is 6.07 Å². The number of hydrogen-bond donors (Lipinski definition) is 2. The summed E-state index contributed by atoms with van der Waals surface area (Å²) < 4.78 is 0. The maximum absolute atomic E-state index is 11.7. The fourth-order valence-corrected chi connectivity index (χ4v) is 2.26. The van der Waals surface area contributed by atoms with Crippen molar-refractivity contribution in [1.29, 1.82) is 0 Å². The average molecular weight is 233 g/mol. The number of hydrogen-bond acceptors (Lipinski definition) is 2. The van der Waals surface area contributed by atoms with E-state index < -0.39 is 0 Å². The second kappa shape index (κ2) is 4.65. The van der Waals surface area contributed by atoms with Crippen molar-refractivity contribution in [1.82, 2.24) is 10.2 Å². The molecule has 1 atom stereocenters. The van der Waals surface area contributed by atoms with Gasteiger partial charge in [0.15, 0.2) is 0 Å². The minimum Gasteiger partial charge on any atom is -0.399 e. The number of urea groups is 1. The third kappa shape index (κ3) is 2.52. The second-order valence-electron chi connectivity index (χ2n) is 4.75. The van der Waals surface area contributed by atoms with Gasteiger partial charge < -0.3 is 16.0 Å². The lowest BCUT2D eigenvalue weighted by atomic mass is 9.87. The van der Waals surface area contributed by atoms with E-state index >= 15 is 0 Å². The van der Waals surface area contributed by atoms with E-state index in [0.717, 1.165) is 24.9 Å². The SMILES string of the molecule is CN(C)C(=O)NC1CCCc2cc(N)ccc21. The molecule has 0 saturated carbocycles. The molecule has 0 fully saturated rings. The number of rotatable bonds is 1. The van der Waals surface area contributed by atoms with E-state index in [1.165, 1.54) is 11.1 Å². The van der Waals surface area contributed by atoms with E-state index in [9.17, 15) is 4.79 Å². The minimum absolute atomic E-state index is 0.0420. The molecule has 1 unspecified atom stereocenters. The van der Waals surface area contributed by atoms with Crippen LogP contribution in [0.3, 0.4) is 0 Å². The van der Waals surface area contributed by atoms with Gasteiger partial charge in [-0.15, -0.1) is 0 Å². The maximum atomic E-state index is 11.7.